The number of benzene rings is 1. The van der Waals surface area contributed by atoms with Crippen molar-refractivity contribution in [1.29, 1.82) is 0 Å². The number of nitrogens with zero attached hydrogens (tertiary/aromatic N) is 1. The van der Waals surface area contributed by atoms with Crippen LogP contribution in [0.1, 0.15) is 47.6 Å². The number of nitrogens with one attached hydrogen (secondary N) is 1. The molecule has 2 atom stereocenters. The molecule has 1 saturated carbocycles. The van der Waals surface area contributed by atoms with Crippen molar-refractivity contribution in [1.82, 2.24) is 5.32 Å². The molecule has 2 heterocycles. The Morgan fingerprint density at radius 2 is 2.00 bits per heavy atom. The summed E-state index contributed by atoms with van der Waals surface area (Å²) in [5, 5.41) is 5.97. The van der Waals surface area contributed by atoms with Gasteiger partial charge in [0.15, 0.2) is 0 Å². The fraction of sp³-hybridized carbons (Fsp3) is 0.429. The summed E-state index contributed by atoms with van der Waals surface area (Å²) in [5.41, 5.74) is 1.44. The average Bonchev–Trinajstić information content (AvgIpc) is 3.27. The van der Waals surface area contributed by atoms with Crippen molar-refractivity contribution < 1.29 is 18.7 Å². The first kappa shape index (κ1) is 19.1. The van der Waals surface area contributed by atoms with Crippen LogP contribution in [0, 0.1) is 11.7 Å². The van der Waals surface area contributed by atoms with E-state index in [0.717, 1.165) is 18.4 Å². The second-order valence-electron chi connectivity index (χ2n) is 7.35. The summed E-state index contributed by atoms with van der Waals surface area (Å²) in [6, 6.07) is 7.96. The van der Waals surface area contributed by atoms with Crippen molar-refractivity contribution in [2.45, 2.75) is 37.8 Å². The topological polar surface area (TPSA) is 58.6 Å². The summed E-state index contributed by atoms with van der Waals surface area (Å²) in [6.07, 6.45) is 4.07. The molecule has 28 heavy (non-hydrogen) atoms. The normalized spacial score (nSPS) is 20.9. The quantitative estimate of drug-likeness (QED) is 0.745. The van der Waals surface area contributed by atoms with Crippen molar-refractivity contribution in [2.24, 2.45) is 5.92 Å². The van der Waals surface area contributed by atoms with Crippen molar-refractivity contribution >= 4 is 28.2 Å². The predicted molar refractivity (Wildman–Crippen MR) is 106 cm³/mol. The first-order valence-electron chi connectivity index (χ1n) is 9.57. The Bertz CT molecular complexity index is 863. The van der Waals surface area contributed by atoms with E-state index < -0.39 is 5.97 Å². The van der Waals surface area contributed by atoms with Crippen molar-refractivity contribution in [3.8, 4) is 0 Å². The van der Waals surface area contributed by atoms with Crippen LogP contribution in [0.4, 0.5) is 9.39 Å². The van der Waals surface area contributed by atoms with Crippen LogP contribution in [-0.4, -0.2) is 31.6 Å². The van der Waals surface area contributed by atoms with Gasteiger partial charge < -0.3 is 9.64 Å². The highest BCUT2D eigenvalue weighted by Crippen LogP contribution is 2.39. The van der Waals surface area contributed by atoms with Crippen LogP contribution in [0.2, 0.25) is 0 Å². The van der Waals surface area contributed by atoms with E-state index in [1.807, 2.05) is 0 Å². The van der Waals surface area contributed by atoms with E-state index in [2.05, 4.69) is 5.32 Å². The molecule has 148 valence electrons. The molecule has 1 N–H and O–H groups in total. The van der Waals surface area contributed by atoms with E-state index in [1.165, 1.54) is 37.0 Å². The molecule has 0 radical (unpaired) electrons. The number of esters is 1. The number of carbonyl (C=O) groups is 2. The van der Waals surface area contributed by atoms with Crippen LogP contribution in [0.3, 0.4) is 0 Å². The van der Waals surface area contributed by atoms with Crippen LogP contribution in [0.25, 0.3) is 0 Å². The second kappa shape index (κ2) is 8.01. The largest absolute Gasteiger partial charge is 0.465 e. The lowest BCUT2D eigenvalue weighted by Gasteiger charge is -2.36. The highest BCUT2D eigenvalue weighted by Gasteiger charge is 2.38. The molecule has 0 unspecified atom stereocenters. The third-order valence-corrected chi connectivity index (χ3v) is 6.67. The summed E-state index contributed by atoms with van der Waals surface area (Å²) in [5.74, 6) is -0.259. The lowest BCUT2D eigenvalue weighted by molar-refractivity contribution is -0.119. The Hall–Kier alpha value is -2.25. The third-order valence-electron chi connectivity index (χ3n) is 5.73. The van der Waals surface area contributed by atoms with Gasteiger partial charge in [-0.25, -0.2) is 9.18 Å². The van der Waals surface area contributed by atoms with E-state index in [9.17, 15) is 14.0 Å². The van der Waals surface area contributed by atoms with Crippen LogP contribution >= 0.6 is 11.3 Å². The lowest BCUT2D eigenvalue weighted by Crippen LogP contribution is -2.43. The number of anilines is 1. The molecule has 2 fully saturated rings. The smallest absolute Gasteiger partial charge is 0.340 e. The van der Waals surface area contributed by atoms with Gasteiger partial charge in [-0.05, 0) is 54.3 Å². The molecular weight excluding hydrogens is 379 g/mol. The van der Waals surface area contributed by atoms with Gasteiger partial charge in [-0.2, -0.15) is 0 Å². The zero-order chi connectivity index (χ0) is 19.7. The lowest BCUT2D eigenvalue weighted by atomic mass is 9.77. The van der Waals surface area contributed by atoms with Gasteiger partial charge in [0.1, 0.15) is 10.8 Å². The van der Waals surface area contributed by atoms with Crippen molar-refractivity contribution in [3.05, 3.63) is 52.7 Å². The molecule has 1 aliphatic carbocycles. The number of methoxy groups -OCH3 is 1. The van der Waals surface area contributed by atoms with Gasteiger partial charge >= 0.3 is 5.97 Å². The molecule has 0 bridgehead atoms. The first-order chi connectivity index (χ1) is 13.6. The Balaban J connectivity index is 1.52. The minimum absolute atomic E-state index is 0.0287. The molecule has 7 heteroatoms. The van der Waals surface area contributed by atoms with E-state index >= 15 is 0 Å². The molecule has 4 rings (SSSR count). The summed E-state index contributed by atoms with van der Waals surface area (Å²) < 4.78 is 18.2. The molecule has 2 aromatic rings. The van der Waals surface area contributed by atoms with E-state index in [0.29, 0.717) is 29.4 Å². The van der Waals surface area contributed by atoms with Gasteiger partial charge in [-0.1, -0.05) is 18.6 Å². The number of halogens is 1. The average molecular weight is 402 g/mol. The second-order valence-corrected chi connectivity index (χ2v) is 8.24. The van der Waals surface area contributed by atoms with Crippen LogP contribution in [0.5, 0.6) is 0 Å². The van der Waals surface area contributed by atoms with Crippen molar-refractivity contribution in [2.75, 3.05) is 18.6 Å². The summed E-state index contributed by atoms with van der Waals surface area (Å²) in [7, 11) is 1.34. The van der Waals surface area contributed by atoms with Gasteiger partial charge in [0.2, 0.25) is 5.91 Å². The van der Waals surface area contributed by atoms with E-state index in [4.69, 9.17) is 4.74 Å². The molecule has 1 saturated heterocycles. The Morgan fingerprint density at radius 1 is 1.25 bits per heavy atom. The number of hydrogen-bond donors (Lipinski definition) is 1. The Kier molecular flexibility index (Phi) is 5.46. The third kappa shape index (κ3) is 3.56. The highest BCUT2D eigenvalue weighted by atomic mass is 32.1. The van der Waals surface area contributed by atoms with Gasteiger partial charge in [0, 0.05) is 12.6 Å². The van der Waals surface area contributed by atoms with Crippen molar-refractivity contribution in [3.63, 3.8) is 0 Å². The van der Waals surface area contributed by atoms with E-state index in [1.54, 1.807) is 28.5 Å². The predicted octanol–water partition coefficient (Wildman–Crippen LogP) is 3.91. The fourth-order valence-corrected chi connectivity index (χ4v) is 4.90. The number of ether oxygens (including phenoxy) is 1. The maximum atomic E-state index is 13.3. The maximum Gasteiger partial charge on any atom is 0.340 e. The zero-order valence-corrected chi connectivity index (χ0v) is 16.5. The van der Waals surface area contributed by atoms with Gasteiger partial charge in [-0.3, -0.25) is 10.1 Å². The molecule has 0 spiro atoms. The molecule has 1 aliphatic heterocycles. The molecule has 5 nitrogen and oxygen atoms in total. The minimum Gasteiger partial charge on any atom is -0.465 e. The summed E-state index contributed by atoms with van der Waals surface area (Å²) in [6.45, 7) is 0.557. The molecule has 1 aromatic carbocycles. The molecule has 2 aliphatic rings. The number of hydrogen-bond acceptors (Lipinski definition) is 5. The monoisotopic (exact) mass is 402 g/mol. The standard InChI is InChI=1S/C21H23FN2O3S/c1-27-21(26)16-10-12-28-20(16)24-11-9-17(19(24)25)23-18(13-3-2-4-13)14-5-7-15(22)8-6-14/h5-8,10,12-13,17-18,23H,2-4,9,11H2,1H3/t17-,18-/m0/s1. The van der Waals surface area contributed by atoms with Gasteiger partial charge in [-0.15, -0.1) is 11.3 Å². The number of amides is 1. The summed E-state index contributed by atoms with van der Waals surface area (Å²) in [4.78, 5) is 26.7. The number of rotatable bonds is 6. The van der Waals surface area contributed by atoms with E-state index in [-0.39, 0.29) is 23.8 Å². The van der Waals surface area contributed by atoms with Gasteiger partial charge in [0.25, 0.3) is 0 Å². The van der Waals surface area contributed by atoms with Crippen LogP contribution in [-0.2, 0) is 9.53 Å². The molecule has 1 amide bonds. The molecular formula is C21H23FN2O3S. The highest BCUT2D eigenvalue weighted by molar-refractivity contribution is 7.14. The van der Waals surface area contributed by atoms with Gasteiger partial charge in [0.05, 0.1) is 18.7 Å². The summed E-state index contributed by atoms with van der Waals surface area (Å²) >= 11 is 1.37. The zero-order valence-electron chi connectivity index (χ0n) is 15.7. The number of carbonyl (C=O) groups excluding carboxylic acids is 2. The number of thiophene rings is 1. The maximum absolute atomic E-state index is 13.3. The minimum atomic E-state index is -0.431. The fourth-order valence-electron chi connectivity index (χ4n) is 3.98. The molecule has 1 aromatic heterocycles. The first-order valence-corrected chi connectivity index (χ1v) is 10.4. The SMILES string of the molecule is COC(=O)c1ccsc1N1CC[C@H](N[C@H](c2ccc(F)cc2)C2CCC2)C1=O. The Morgan fingerprint density at radius 3 is 2.64 bits per heavy atom. The Labute approximate surface area is 167 Å². The van der Waals surface area contributed by atoms with Crippen LogP contribution < -0.4 is 10.2 Å². The van der Waals surface area contributed by atoms with Crippen LogP contribution in [0.15, 0.2) is 35.7 Å².